The molecular weight excluding hydrogens is 191 g/mol. The van der Waals surface area contributed by atoms with Gasteiger partial charge in [0, 0.05) is 0 Å². The summed E-state index contributed by atoms with van der Waals surface area (Å²) >= 11 is 0. The Kier molecular flexibility index (Phi) is 2.42. The Morgan fingerprint density at radius 2 is 1.73 bits per heavy atom. The number of hydrogen-bond acceptors (Lipinski definition) is 1. The van der Waals surface area contributed by atoms with Crippen LogP contribution >= 0.6 is 0 Å². The van der Waals surface area contributed by atoms with Crippen LogP contribution in [0.3, 0.4) is 0 Å². The molecule has 0 aromatic heterocycles. The van der Waals surface area contributed by atoms with Crippen LogP contribution in [0, 0.1) is 12.7 Å². The first kappa shape index (κ1) is 9.71. The van der Waals surface area contributed by atoms with Gasteiger partial charge in [0.15, 0.2) is 0 Å². The highest BCUT2D eigenvalue weighted by molar-refractivity contribution is 5.71. The summed E-state index contributed by atoms with van der Waals surface area (Å²) in [6.07, 6.45) is 0. The van der Waals surface area contributed by atoms with Crippen molar-refractivity contribution in [1.29, 1.82) is 0 Å². The molecule has 0 saturated heterocycles. The number of rotatable bonds is 1. The molecule has 0 heterocycles. The lowest BCUT2D eigenvalue weighted by Gasteiger charge is -2.07. The van der Waals surface area contributed by atoms with Crippen LogP contribution in [0.4, 0.5) is 4.39 Å². The number of aryl methyl sites for hydroxylation is 1. The molecule has 0 aliphatic carbocycles. The highest BCUT2D eigenvalue weighted by atomic mass is 19.1. The molecule has 2 rings (SSSR count). The van der Waals surface area contributed by atoms with E-state index in [1.807, 2.05) is 18.2 Å². The first-order valence-electron chi connectivity index (χ1n) is 4.73. The molecular formula is C13H11FO. The molecule has 0 amide bonds. The smallest absolute Gasteiger partial charge is 0.135 e. The molecule has 0 saturated carbocycles. The van der Waals surface area contributed by atoms with Gasteiger partial charge in [-0.15, -0.1) is 0 Å². The average Bonchev–Trinajstić information content (AvgIpc) is 2.17. The second-order valence-corrected chi connectivity index (χ2v) is 3.51. The molecule has 0 unspecified atom stereocenters. The Morgan fingerprint density at radius 3 is 2.33 bits per heavy atom. The van der Waals surface area contributed by atoms with Crippen molar-refractivity contribution in [3.63, 3.8) is 0 Å². The number of phenols is 1. The van der Waals surface area contributed by atoms with Crippen LogP contribution in [0.1, 0.15) is 5.56 Å². The van der Waals surface area contributed by atoms with Gasteiger partial charge in [-0.2, -0.15) is 0 Å². The lowest BCUT2D eigenvalue weighted by atomic mass is 10.0. The van der Waals surface area contributed by atoms with E-state index >= 15 is 0 Å². The highest BCUT2D eigenvalue weighted by Crippen LogP contribution is 2.32. The van der Waals surface area contributed by atoms with Gasteiger partial charge in [-0.1, -0.05) is 30.3 Å². The lowest BCUT2D eigenvalue weighted by Crippen LogP contribution is -1.86. The molecule has 0 bridgehead atoms. The molecule has 0 aliphatic heterocycles. The van der Waals surface area contributed by atoms with E-state index in [9.17, 15) is 9.50 Å². The van der Waals surface area contributed by atoms with E-state index in [0.29, 0.717) is 11.1 Å². The van der Waals surface area contributed by atoms with Gasteiger partial charge in [-0.3, -0.25) is 0 Å². The summed E-state index contributed by atoms with van der Waals surface area (Å²) in [5.41, 5.74) is 1.67. The summed E-state index contributed by atoms with van der Waals surface area (Å²) < 4.78 is 13.6. The van der Waals surface area contributed by atoms with Crippen LogP contribution in [-0.2, 0) is 0 Å². The minimum Gasteiger partial charge on any atom is -0.507 e. The van der Waals surface area contributed by atoms with Gasteiger partial charge in [0.25, 0.3) is 0 Å². The minimum absolute atomic E-state index is 0.0151. The van der Waals surface area contributed by atoms with E-state index in [1.165, 1.54) is 6.07 Å². The number of hydrogen-bond donors (Lipinski definition) is 1. The van der Waals surface area contributed by atoms with Crippen molar-refractivity contribution in [1.82, 2.24) is 0 Å². The Bertz CT molecular complexity index is 454. The van der Waals surface area contributed by atoms with E-state index in [4.69, 9.17) is 0 Å². The van der Waals surface area contributed by atoms with E-state index in [0.717, 1.165) is 0 Å². The summed E-state index contributed by atoms with van der Waals surface area (Å²) in [5.74, 6) is -0.405. The number of aromatic hydroxyl groups is 1. The summed E-state index contributed by atoms with van der Waals surface area (Å²) in [4.78, 5) is 0. The van der Waals surface area contributed by atoms with Crippen molar-refractivity contribution < 1.29 is 9.50 Å². The van der Waals surface area contributed by atoms with Crippen LogP contribution in [-0.4, -0.2) is 5.11 Å². The van der Waals surface area contributed by atoms with E-state index in [-0.39, 0.29) is 11.3 Å². The molecule has 1 nitrogen and oxygen atoms in total. The van der Waals surface area contributed by atoms with Gasteiger partial charge in [-0.05, 0) is 30.2 Å². The first-order valence-corrected chi connectivity index (χ1v) is 4.73. The molecule has 76 valence electrons. The molecule has 1 N–H and O–H groups in total. The quantitative estimate of drug-likeness (QED) is 0.750. The summed E-state index contributed by atoms with van der Waals surface area (Å²) in [5, 5.41) is 9.69. The standard InChI is InChI=1S/C13H11FO/c1-9-7-11(14)13(12(15)8-9)10-5-3-2-4-6-10/h2-8,15H,1H3. The van der Waals surface area contributed by atoms with E-state index in [1.54, 1.807) is 25.1 Å². The SMILES string of the molecule is Cc1cc(O)c(-c2ccccc2)c(F)c1. The third-order valence-electron chi connectivity index (χ3n) is 2.28. The summed E-state index contributed by atoms with van der Waals surface area (Å²) in [7, 11) is 0. The average molecular weight is 202 g/mol. The minimum atomic E-state index is -0.390. The number of benzene rings is 2. The zero-order valence-corrected chi connectivity index (χ0v) is 8.37. The Balaban J connectivity index is 2.64. The maximum Gasteiger partial charge on any atom is 0.135 e. The second-order valence-electron chi connectivity index (χ2n) is 3.51. The first-order chi connectivity index (χ1) is 7.18. The van der Waals surface area contributed by atoms with Crippen molar-refractivity contribution in [2.45, 2.75) is 6.92 Å². The second kappa shape index (κ2) is 3.73. The van der Waals surface area contributed by atoms with E-state index in [2.05, 4.69) is 0 Å². The fraction of sp³-hybridized carbons (Fsp3) is 0.0769. The van der Waals surface area contributed by atoms with Crippen LogP contribution in [0.25, 0.3) is 11.1 Å². The molecule has 0 radical (unpaired) electrons. The fourth-order valence-electron chi connectivity index (χ4n) is 1.61. The van der Waals surface area contributed by atoms with Gasteiger partial charge >= 0.3 is 0 Å². The van der Waals surface area contributed by atoms with Crippen molar-refractivity contribution in [2.24, 2.45) is 0 Å². The predicted octanol–water partition coefficient (Wildman–Crippen LogP) is 3.51. The van der Waals surface area contributed by atoms with Gasteiger partial charge in [-0.25, -0.2) is 4.39 Å². The van der Waals surface area contributed by atoms with Crippen molar-refractivity contribution in [2.75, 3.05) is 0 Å². The molecule has 15 heavy (non-hydrogen) atoms. The van der Waals surface area contributed by atoms with Crippen molar-refractivity contribution in [3.8, 4) is 16.9 Å². The molecule has 2 aromatic carbocycles. The van der Waals surface area contributed by atoms with Gasteiger partial charge in [0.05, 0.1) is 5.56 Å². The third-order valence-corrected chi connectivity index (χ3v) is 2.28. The molecule has 0 aliphatic rings. The van der Waals surface area contributed by atoms with Crippen LogP contribution in [0.5, 0.6) is 5.75 Å². The monoisotopic (exact) mass is 202 g/mol. The van der Waals surface area contributed by atoms with Gasteiger partial charge < -0.3 is 5.11 Å². The third kappa shape index (κ3) is 1.84. The Labute approximate surface area is 87.8 Å². The Hall–Kier alpha value is -1.83. The lowest BCUT2D eigenvalue weighted by molar-refractivity contribution is 0.471. The maximum absolute atomic E-state index is 13.6. The topological polar surface area (TPSA) is 20.2 Å². The van der Waals surface area contributed by atoms with Crippen molar-refractivity contribution >= 4 is 0 Å². The zero-order chi connectivity index (χ0) is 10.8. The van der Waals surface area contributed by atoms with Crippen LogP contribution in [0.15, 0.2) is 42.5 Å². The maximum atomic E-state index is 13.6. The molecule has 2 aromatic rings. The molecule has 0 fully saturated rings. The van der Waals surface area contributed by atoms with Gasteiger partial charge in [0.1, 0.15) is 11.6 Å². The Morgan fingerprint density at radius 1 is 1.07 bits per heavy atom. The molecule has 2 heteroatoms. The zero-order valence-electron chi connectivity index (χ0n) is 8.37. The van der Waals surface area contributed by atoms with Crippen molar-refractivity contribution in [3.05, 3.63) is 53.8 Å². The number of phenolic OH excluding ortho intramolecular Hbond substituents is 1. The van der Waals surface area contributed by atoms with E-state index < -0.39 is 5.82 Å². The fourth-order valence-corrected chi connectivity index (χ4v) is 1.61. The van der Waals surface area contributed by atoms with Crippen LogP contribution in [0.2, 0.25) is 0 Å². The highest BCUT2D eigenvalue weighted by Gasteiger charge is 2.10. The number of halogens is 1. The van der Waals surface area contributed by atoms with Gasteiger partial charge in [0.2, 0.25) is 0 Å². The van der Waals surface area contributed by atoms with Crippen LogP contribution < -0.4 is 0 Å². The normalized spacial score (nSPS) is 10.3. The predicted molar refractivity (Wildman–Crippen MR) is 58.2 cm³/mol. The molecule has 0 spiro atoms. The summed E-state index contributed by atoms with van der Waals surface area (Å²) in [6.45, 7) is 1.75. The summed E-state index contributed by atoms with van der Waals surface area (Å²) in [6, 6.07) is 12.0. The largest absolute Gasteiger partial charge is 0.507 e. The molecule has 0 atom stereocenters.